The second-order valence-electron chi connectivity index (χ2n) is 5.45. The predicted octanol–water partition coefficient (Wildman–Crippen LogP) is 2.25. The number of piperidine rings is 1. The number of nitrogens with two attached hydrogens (primary N) is 1. The van der Waals surface area contributed by atoms with Crippen molar-refractivity contribution in [2.24, 2.45) is 5.73 Å². The third-order valence-electron chi connectivity index (χ3n) is 3.91. The fourth-order valence-corrected chi connectivity index (χ4v) is 2.87. The molecule has 2 atom stereocenters. The van der Waals surface area contributed by atoms with Crippen LogP contribution in [0.15, 0.2) is 24.3 Å². The fraction of sp³-hybridized carbons (Fsp3) is 0.467. The molecular formula is C15H20N4. The number of hydrogen-bond donors (Lipinski definition) is 1. The van der Waals surface area contributed by atoms with Crippen LogP contribution in [0.4, 0.5) is 5.82 Å². The van der Waals surface area contributed by atoms with Crippen molar-refractivity contribution in [3.63, 3.8) is 0 Å². The molecule has 2 heterocycles. The van der Waals surface area contributed by atoms with Crippen LogP contribution in [-0.2, 0) is 0 Å². The van der Waals surface area contributed by atoms with E-state index in [2.05, 4.69) is 16.8 Å². The minimum atomic E-state index is 0.319. The Morgan fingerprint density at radius 1 is 1.21 bits per heavy atom. The normalized spacial score (nSPS) is 23.8. The molecule has 0 bridgehead atoms. The largest absolute Gasteiger partial charge is 0.352 e. The summed E-state index contributed by atoms with van der Waals surface area (Å²) in [6, 6.07) is 8.78. The van der Waals surface area contributed by atoms with Gasteiger partial charge in [-0.2, -0.15) is 0 Å². The molecule has 1 aliphatic rings. The predicted molar refractivity (Wildman–Crippen MR) is 78.3 cm³/mol. The van der Waals surface area contributed by atoms with Gasteiger partial charge in [-0.05, 0) is 38.8 Å². The molecule has 0 radical (unpaired) electrons. The van der Waals surface area contributed by atoms with Gasteiger partial charge in [0.1, 0.15) is 0 Å². The van der Waals surface area contributed by atoms with Crippen molar-refractivity contribution in [2.75, 3.05) is 11.4 Å². The molecule has 2 unspecified atom stereocenters. The van der Waals surface area contributed by atoms with Crippen molar-refractivity contribution in [3.8, 4) is 0 Å². The lowest BCUT2D eigenvalue weighted by molar-refractivity contribution is 0.426. The van der Waals surface area contributed by atoms with Crippen molar-refractivity contribution >= 4 is 16.9 Å². The molecule has 19 heavy (non-hydrogen) atoms. The van der Waals surface area contributed by atoms with Crippen molar-refractivity contribution in [1.82, 2.24) is 9.97 Å². The number of aryl methyl sites for hydroxylation is 1. The molecular weight excluding hydrogens is 236 g/mol. The molecule has 3 rings (SSSR count). The summed E-state index contributed by atoms with van der Waals surface area (Å²) >= 11 is 0. The van der Waals surface area contributed by atoms with Crippen molar-refractivity contribution in [1.29, 1.82) is 0 Å². The maximum absolute atomic E-state index is 6.03. The summed E-state index contributed by atoms with van der Waals surface area (Å²) in [4.78, 5) is 11.8. The van der Waals surface area contributed by atoms with Crippen molar-refractivity contribution in [2.45, 2.75) is 38.8 Å². The van der Waals surface area contributed by atoms with Gasteiger partial charge in [0.05, 0.1) is 16.7 Å². The Labute approximate surface area is 113 Å². The lowest BCUT2D eigenvalue weighted by atomic mass is 9.99. The summed E-state index contributed by atoms with van der Waals surface area (Å²) in [7, 11) is 0. The van der Waals surface area contributed by atoms with E-state index >= 15 is 0 Å². The van der Waals surface area contributed by atoms with Crippen LogP contribution in [-0.4, -0.2) is 28.6 Å². The monoisotopic (exact) mass is 256 g/mol. The average Bonchev–Trinajstić information content (AvgIpc) is 2.38. The van der Waals surface area contributed by atoms with Gasteiger partial charge >= 0.3 is 0 Å². The van der Waals surface area contributed by atoms with E-state index in [4.69, 9.17) is 10.7 Å². The van der Waals surface area contributed by atoms with Crippen LogP contribution >= 0.6 is 0 Å². The van der Waals surface area contributed by atoms with Gasteiger partial charge in [-0.3, -0.25) is 0 Å². The van der Waals surface area contributed by atoms with Crippen molar-refractivity contribution < 1.29 is 0 Å². The first kappa shape index (κ1) is 12.4. The van der Waals surface area contributed by atoms with E-state index in [1.54, 1.807) is 0 Å². The quantitative estimate of drug-likeness (QED) is 0.850. The highest BCUT2D eigenvalue weighted by molar-refractivity contribution is 5.76. The van der Waals surface area contributed by atoms with E-state index in [0.29, 0.717) is 12.1 Å². The Balaban J connectivity index is 2.02. The summed E-state index contributed by atoms with van der Waals surface area (Å²) in [5, 5.41) is 0. The number of aromatic nitrogens is 2. The van der Waals surface area contributed by atoms with Gasteiger partial charge in [-0.15, -0.1) is 0 Å². The molecule has 2 aromatic rings. The van der Waals surface area contributed by atoms with Gasteiger partial charge in [0.15, 0.2) is 5.82 Å². The molecule has 0 aliphatic carbocycles. The minimum Gasteiger partial charge on any atom is -0.352 e. The molecule has 1 aliphatic heterocycles. The fourth-order valence-electron chi connectivity index (χ4n) is 2.87. The van der Waals surface area contributed by atoms with Gasteiger partial charge in [0, 0.05) is 18.6 Å². The zero-order valence-corrected chi connectivity index (χ0v) is 11.5. The maximum Gasteiger partial charge on any atom is 0.151 e. The molecule has 0 spiro atoms. The third kappa shape index (κ3) is 2.28. The lowest BCUT2D eigenvalue weighted by Gasteiger charge is -2.37. The van der Waals surface area contributed by atoms with Gasteiger partial charge < -0.3 is 10.6 Å². The number of para-hydroxylation sites is 2. The Morgan fingerprint density at radius 3 is 2.58 bits per heavy atom. The van der Waals surface area contributed by atoms with Crippen LogP contribution in [0.25, 0.3) is 11.0 Å². The standard InChI is InChI=1S/C15H20N4/c1-10-9-12(16)7-8-19(10)15-11(2)17-13-5-3-4-6-14(13)18-15/h3-6,10,12H,7-9,16H2,1-2H3. The summed E-state index contributed by atoms with van der Waals surface area (Å²) in [6.45, 7) is 5.22. The van der Waals surface area contributed by atoms with Crippen molar-refractivity contribution in [3.05, 3.63) is 30.0 Å². The Kier molecular flexibility index (Phi) is 3.11. The van der Waals surface area contributed by atoms with Crippen LogP contribution in [0, 0.1) is 6.92 Å². The zero-order valence-electron chi connectivity index (χ0n) is 11.5. The number of benzene rings is 1. The second kappa shape index (κ2) is 4.78. The average molecular weight is 256 g/mol. The number of hydrogen-bond acceptors (Lipinski definition) is 4. The maximum atomic E-state index is 6.03. The van der Waals surface area contributed by atoms with E-state index in [0.717, 1.165) is 41.9 Å². The third-order valence-corrected chi connectivity index (χ3v) is 3.91. The smallest absolute Gasteiger partial charge is 0.151 e. The highest BCUT2D eigenvalue weighted by Gasteiger charge is 2.25. The van der Waals surface area contributed by atoms with E-state index < -0.39 is 0 Å². The van der Waals surface area contributed by atoms with Crippen LogP contribution in [0.3, 0.4) is 0 Å². The van der Waals surface area contributed by atoms with Gasteiger partial charge in [0.25, 0.3) is 0 Å². The summed E-state index contributed by atoms with van der Waals surface area (Å²) in [5.41, 5.74) is 8.96. The minimum absolute atomic E-state index is 0.319. The SMILES string of the molecule is Cc1nc2ccccc2nc1N1CCC(N)CC1C. The summed E-state index contributed by atoms with van der Waals surface area (Å²) in [5.74, 6) is 1.01. The highest BCUT2D eigenvalue weighted by Crippen LogP contribution is 2.26. The molecule has 2 N–H and O–H groups in total. The highest BCUT2D eigenvalue weighted by atomic mass is 15.2. The molecule has 1 aromatic heterocycles. The molecule has 4 heteroatoms. The summed E-state index contributed by atoms with van der Waals surface area (Å²) < 4.78 is 0. The van der Waals surface area contributed by atoms with Crippen LogP contribution in [0.5, 0.6) is 0 Å². The van der Waals surface area contributed by atoms with Crippen LogP contribution < -0.4 is 10.6 Å². The first-order valence-electron chi connectivity index (χ1n) is 6.91. The number of rotatable bonds is 1. The Morgan fingerprint density at radius 2 is 1.89 bits per heavy atom. The molecule has 1 saturated heterocycles. The topological polar surface area (TPSA) is 55.0 Å². The van der Waals surface area contributed by atoms with Gasteiger partial charge in [0.2, 0.25) is 0 Å². The van der Waals surface area contributed by atoms with Crippen LogP contribution in [0.2, 0.25) is 0 Å². The van der Waals surface area contributed by atoms with E-state index in [9.17, 15) is 0 Å². The number of anilines is 1. The Bertz CT molecular complexity index is 596. The van der Waals surface area contributed by atoms with E-state index in [1.807, 2.05) is 31.2 Å². The second-order valence-corrected chi connectivity index (χ2v) is 5.45. The lowest BCUT2D eigenvalue weighted by Crippen LogP contribution is -2.46. The van der Waals surface area contributed by atoms with E-state index in [1.165, 1.54) is 0 Å². The number of nitrogens with zero attached hydrogens (tertiary/aromatic N) is 3. The van der Waals surface area contributed by atoms with Gasteiger partial charge in [-0.25, -0.2) is 9.97 Å². The first-order valence-corrected chi connectivity index (χ1v) is 6.91. The molecule has 4 nitrogen and oxygen atoms in total. The van der Waals surface area contributed by atoms with Gasteiger partial charge in [-0.1, -0.05) is 12.1 Å². The first-order chi connectivity index (χ1) is 9.15. The molecule has 1 aromatic carbocycles. The Hall–Kier alpha value is -1.68. The van der Waals surface area contributed by atoms with E-state index in [-0.39, 0.29) is 0 Å². The number of fused-ring (bicyclic) bond motifs is 1. The zero-order chi connectivity index (χ0) is 13.4. The van der Waals surface area contributed by atoms with Crippen LogP contribution in [0.1, 0.15) is 25.5 Å². The summed E-state index contributed by atoms with van der Waals surface area (Å²) in [6.07, 6.45) is 2.05. The molecule has 0 saturated carbocycles. The molecule has 1 fully saturated rings. The molecule has 0 amide bonds. The molecule has 100 valence electrons.